The zero-order valence-corrected chi connectivity index (χ0v) is 14.4. The second-order valence-electron chi connectivity index (χ2n) is 6.47. The molecule has 0 aliphatic carbocycles. The van der Waals surface area contributed by atoms with E-state index in [1.165, 1.54) is 0 Å². The molecule has 2 atom stereocenters. The number of carbonyl (C=O) groups excluding carboxylic acids is 2. The van der Waals surface area contributed by atoms with Crippen molar-refractivity contribution < 1.29 is 19.1 Å². The van der Waals surface area contributed by atoms with E-state index in [1.54, 1.807) is 30.3 Å². The highest BCUT2D eigenvalue weighted by molar-refractivity contribution is 5.98. The van der Waals surface area contributed by atoms with Crippen LogP contribution in [0.25, 0.3) is 0 Å². The summed E-state index contributed by atoms with van der Waals surface area (Å²) >= 11 is 0. The van der Waals surface area contributed by atoms with E-state index in [2.05, 4.69) is 15.5 Å². The van der Waals surface area contributed by atoms with Crippen LogP contribution in [0.3, 0.4) is 0 Å². The average Bonchev–Trinajstić information content (AvgIpc) is 3.36. The molecule has 0 radical (unpaired) electrons. The van der Waals surface area contributed by atoms with Crippen LogP contribution in [0.15, 0.2) is 30.6 Å². The molecule has 0 spiro atoms. The summed E-state index contributed by atoms with van der Waals surface area (Å²) < 4.78 is 11.3. The molecule has 1 aromatic carbocycles. The molecule has 1 aromatic heterocycles. The van der Waals surface area contributed by atoms with Gasteiger partial charge in [-0.3, -0.25) is 14.7 Å². The molecule has 3 heterocycles. The number of fused-ring (bicyclic) bond motifs is 1. The summed E-state index contributed by atoms with van der Waals surface area (Å²) in [7, 11) is 0. The Morgan fingerprint density at radius 2 is 2.27 bits per heavy atom. The summed E-state index contributed by atoms with van der Waals surface area (Å²) in [6.45, 7) is 3.02. The topological polar surface area (TPSA) is 96.6 Å². The number of hydrogen-bond donors (Lipinski definition) is 2. The Labute approximate surface area is 150 Å². The molecule has 2 aliphatic heterocycles. The average molecular weight is 356 g/mol. The number of nitrogens with one attached hydrogen (secondary N) is 2. The van der Waals surface area contributed by atoms with Gasteiger partial charge < -0.3 is 19.7 Å². The molecule has 1 fully saturated rings. The summed E-state index contributed by atoms with van der Waals surface area (Å²) in [5.41, 5.74) is 2.48. The third-order valence-electron chi connectivity index (χ3n) is 4.72. The van der Waals surface area contributed by atoms with E-state index in [-0.39, 0.29) is 24.0 Å². The van der Waals surface area contributed by atoms with E-state index in [4.69, 9.17) is 9.47 Å². The van der Waals surface area contributed by atoms with E-state index in [1.807, 2.05) is 12.1 Å². The molecule has 2 amide bonds. The highest BCUT2D eigenvalue weighted by atomic mass is 16.5. The number of aromatic amines is 1. The molecule has 0 bridgehead atoms. The quantitative estimate of drug-likeness (QED) is 0.848. The first-order valence-electron chi connectivity index (χ1n) is 8.57. The van der Waals surface area contributed by atoms with Crippen molar-refractivity contribution in [2.45, 2.75) is 25.5 Å². The Morgan fingerprint density at radius 3 is 3.04 bits per heavy atom. The Bertz CT molecular complexity index is 821. The molecule has 0 unspecified atom stereocenters. The lowest BCUT2D eigenvalue weighted by molar-refractivity contribution is -0.116. The molecule has 8 nitrogen and oxygen atoms in total. The van der Waals surface area contributed by atoms with Crippen molar-refractivity contribution in [2.75, 3.05) is 24.7 Å². The number of rotatable bonds is 4. The van der Waals surface area contributed by atoms with Crippen LogP contribution in [-0.4, -0.2) is 53.9 Å². The number of carbonyl (C=O) groups is 2. The summed E-state index contributed by atoms with van der Waals surface area (Å²) in [6.07, 6.45) is 3.73. The van der Waals surface area contributed by atoms with Crippen LogP contribution in [0.4, 0.5) is 5.69 Å². The molecule has 1 saturated heterocycles. The summed E-state index contributed by atoms with van der Waals surface area (Å²) in [4.78, 5) is 26.0. The maximum Gasteiger partial charge on any atom is 0.251 e. The molecule has 2 N–H and O–H groups in total. The van der Waals surface area contributed by atoms with Crippen LogP contribution >= 0.6 is 0 Å². The lowest BCUT2D eigenvalue weighted by Crippen LogP contribution is -2.45. The standard InChI is InChI=1S/C18H20N4O4/c1-11(23)22-5-4-12-6-13(2-3-16(12)22)18(24)21-15-9-25-10-17(15)26-14-7-19-20-8-14/h2-3,6-8,15,17H,4-5,9-10H2,1H3,(H,19,20)(H,21,24)/t15-,17+/m0/s1. The third kappa shape index (κ3) is 3.15. The minimum atomic E-state index is -0.265. The number of hydrogen-bond acceptors (Lipinski definition) is 5. The second kappa shape index (κ2) is 6.80. The normalized spacial score (nSPS) is 21.5. The van der Waals surface area contributed by atoms with Crippen LogP contribution in [0, 0.1) is 0 Å². The fourth-order valence-corrected chi connectivity index (χ4v) is 3.39. The second-order valence-corrected chi connectivity index (χ2v) is 6.47. The SMILES string of the molecule is CC(=O)N1CCc2cc(C(=O)N[C@H]3COC[C@H]3Oc3cn[nH]c3)ccc21. The van der Waals surface area contributed by atoms with E-state index in [0.717, 1.165) is 17.7 Å². The van der Waals surface area contributed by atoms with Crippen LogP contribution < -0.4 is 15.0 Å². The lowest BCUT2D eigenvalue weighted by atomic mass is 10.1. The molecule has 4 rings (SSSR count). The van der Waals surface area contributed by atoms with Gasteiger partial charge in [-0.1, -0.05) is 0 Å². The minimum Gasteiger partial charge on any atom is -0.482 e. The van der Waals surface area contributed by atoms with Crippen molar-refractivity contribution in [1.82, 2.24) is 15.5 Å². The van der Waals surface area contributed by atoms with Crippen molar-refractivity contribution in [2.24, 2.45) is 0 Å². The zero-order chi connectivity index (χ0) is 18.1. The van der Waals surface area contributed by atoms with Crippen molar-refractivity contribution in [3.63, 3.8) is 0 Å². The van der Waals surface area contributed by atoms with E-state index in [0.29, 0.717) is 31.1 Å². The lowest BCUT2D eigenvalue weighted by Gasteiger charge is -2.20. The number of anilines is 1. The monoisotopic (exact) mass is 356 g/mol. The van der Waals surface area contributed by atoms with Gasteiger partial charge in [0.05, 0.1) is 31.6 Å². The zero-order valence-electron chi connectivity index (χ0n) is 14.4. The fourth-order valence-electron chi connectivity index (χ4n) is 3.39. The van der Waals surface area contributed by atoms with E-state index >= 15 is 0 Å². The molecule has 2 aliphatic rings. The van der Waals surface area contributed by atoms with Gasteiger partial charge in [-0.2, -0.15) is 5.10 Å². The Balaban J connectivity index is 1.44. The number of H-pyrrole nitrogens is 1. The molecule has 2 aromatic rings. The smallest absolute Gasteiger partial charge is 0.251 e. The first-order valence-corrected chi connectivity index (χ1v) is 8.57. The maximum absolute atomic E-state index is 12.6. The Kier molecular flexibility index (Phi) is 4.34. The molecule has 26 heavy (non-hydrogen) atoms. The number of ether oxygens (including phenoxy) is 2. The van der Waals surface area contributed by atoms with Gasteiger partial charge in [-0.05, 0) is 30.2 Å². The first kappa shape index (κ1) is 16.6. The van der Waals surface area contributed by atoms with Gasteiger partial charge in [0.1, 0.15) is 6.10 Å². The predicted molar refractivity (Wildman–Crippen MR) is 93.2 cm³/mol. The van der Waals surface area contributed by atoms with Crippen molar-refractivity contribution in [3.05, 3.63) is 41.7 Å². The van der Waals surface area contributed by atoms with Crippen LogP contribution in [0.5, 0.6) is 5.75 Å². The minimum absolute atomic E-state index is 0.0169. The van der Waals surface area contributed by atoms with E-state index < -0.39 is 0 Å². The summed E-state index contributed by atoms with van der Waals surface area (Å²) in [5, 5.41) is 9.52. The molecular weight excluding hydrogens is 336 g/mol. The predicted octanol–water partition coefficient (Wildman–Crippen LogP) is 0.895. The molecular formula is C18H20N4O4. The van der Waals surface area contributed by atoms with Crippen LogP contribution in [-0.2, 0) is 16.0 Å². The molecule has 8 heteroatoms. The van der Waals surface area contributed by atoms with Gasteiger partial charge in [0.2, 0.25) is 5.91 Å². The molecule has 136 valence electrons. The molecule has 0 saturated carbocycles. The number of aromatic nitrogens is 2. The van der Waals surface area contributed by atoms with Gasteiger partial charge in [0, 0.05) is 24.7 Å². The van der Waals surface area contributed by atoms with Gasteiger partial charge in [0.25, 0.3) is 5.91 Å². The first-order chi connectivity index (χ1) is 12.6. The van der Waals surface area contributed by atoms with Crippen molar-refractivity contribution >= 4 is 17.5 Å². The summed E-state index contributed by atoms with van der Waals surface area (Å²) in [6, 6.07) is 5.20. The van der Waals surface area contributed by atoms with E-state index in [9.17, 15) is 9.59 Å². The van der Waals surface area contributed by atoms with Gasteiger partial charge in [-0.15, -0.1) is 0 Å². The van der Waals surface area contributed by atoms with Crippen LogP contribution in [0.1, 0.15) is 22.8 Å². The van der Waals surface area contributed by atoms with Crippen molar-refractivity contribution in [3.8, 4) is 5.75 Å². The van der Waals surface area contributed by atoms with Crippen LogP contribution in [0.2, 0.25) is 0 Å². The number of amides is 2. The third-order valence-corrected chi connectivity index (χ3v) is 4.72. The summed E-state index contributed by atoms with van der Waals surface area (Å²) in [5.74, 6) is 0.454. The number of benzene rings is 1. The van der Waals surface area contributed by atoms with Gasteiger partial charge >= 0.3 is 0 Å². The number of nitrogens with zero attached hydrogens (tertiary/aromatic N) is 2. The van der Waals surface area contributed by atoms with Gasteiger partial charge in [0.15, 0.2) is 5.75 Å². The highest BCUT2D eigenvalue weighted by Gasteiger charge is 2.32. The Morgan fingerprint density at radius 1 is 1.38 bits per heavy atom. The highest BCUT2D eigenvalue weighted by Crippen LogP contribution is 2.29. The Hall–Kier alpha value is -2.87. The van der Waals surface area contributed by atoms with Gasteiger partial charge in [-0.25, -0.2) is 0 Å². The van der Waals surface area contributed by atoms with Crippen molar-refractivity contribution in [1.29, 1.82) is 0 Å². The fraction of sp³-hybridized carbons (Fsp3) is 0.389. The largest absolute Gasteiger partial charge is 0.482 e. The maximum atomic E-state index is 12.6.